The van der Waals surface area contributed by atoms with E-state index in [1.165, 1.54) is 0 Å². The van der Waals surface area contributed by atoms with Gasteiger partial charge in [-0.3, -0.25) is 4.99 Å². The summed E-state index contributed by atoms with van der Waals surface area (Å²) in [7, 11) is 0. The van der Waals surface area contributed by atoms with Crippen molar-refractivity contribution in [2.45, 2.75) is 13.3 Å². The van der Waals surface area contributed by atoms with Gasteiger partial charge in [0.1, 0.15) is 0 Å². The van der Waals surface area contributed by atoms with Gasteiger partial charge in [0.25, 0.3) is 0 Å². The summed E-state index contributed by atoms with van der Waals surface area (Å²) in [6.07, 6.45) is 4.88. The molecule has 1 rings (SSSR count). The van der Waals surface area contributed by atoms with Gasteiger partial charge in [-0.15, -0.1) is 0 Å². The molecule has 0 aromatic rings. The van der Waals surface area contributed by atoms with E-state index in [0.29, 0.717) is 0 Å². The number of hydrogen-bond donors (Lipinski definition) is 0. The molecule has 0 atom stereocenters. The molecule has 1 aliphatic heterocycles. The standard InChI is InChI=1S/C7H11NO/c1-2-4-7-8-5-3-6-9-7/h2,4H,3,5-6H2,1H3. The Balaban J connectivity index is 2.46. The molecule has 1 heterocycles. The summed E-state index contributed by atoms with van der Waals surface area (Å²) in [5.74, 6) is 0.781. The second kappa shape index (κ2) is 3.28. The average molecular weight is 125 g/mol. The molecule has 2 heteroatoms. The molecule has 2 nitrogen and oxygen atoms in total. The van der Waals surface area contributed by atoms with Gasteiger partial charge in [0.2, 0.25) is 5.90 Å². The fourth-order valence-corrected chi connectivity index (χ4v) is 0.720. The Labute approximate surface area is 55.2 Å². The third-order valence-corrected chi connectivity index (χ3v) is 1.13. The molecule has 0 spiro atoms. The van der Waals surface area contributed by atoms with Crippen LogP contribution in [-0.2, 0) is 4.74 Å². The van der Waals surface area contributed by atoms with Crippen LogP contribution in [0.4, 0.5) is 0 Å². The van der Waals surface area contributed by atoms with Crippen molar-refractivity contribution in [1.29, 1.82) is 0 Å². The van der Waals surface area contributed by atoms with E-state index >= 15 is 0 Å². The van der Waals surface area contributed by atoms with Gasteiger partial charge in [0, 0.05) is 13.0 Å². The van der Waals surface area contributed by atoms with E-state index in [0.717, 1.165) is 25.5 Å². The van der Waals surface area contributed by atoms with Crippen LogP contribution in [0.3, 0.4) is 0 Å². The van der Waals surface area contributed by atoms with Crippen molar-refractivity contribution in [1.82, 2.24) is 0 Å². The summed E-state index contributed by atoms with van der Waals surface area (Å²) in [5.41, 5.74) is 0. The zero-order valence-corrected chi connectivity index (χ0v) is 5.63. The van der Waals surface area contributed by atoms with Gasteiger partial charge in [0.05, 0.1) is 6.61 Å². The topological polar surface area (TPSA) is 21.6 Å². The lowest BCUT2D eigenvalue weighted by molar-refractivity contribution is 0.285. The average Bonchev–Trinajstić information content (AvgIpc) is 1.91. The predicted molar refractivity (Wildman–Crippen MR) is 37.7 cm³/mol. The molecule has 0 N–H and O–H groups in total. The lowest BCUT2D eigenvalue weighted by atomic mass is 10.4. The normalized spacial score (nSPS) is 19.4. The Hall–Kier alpha value is -0.790. The fraction of sp³-hybridized carbons (Fsp3) is 0.571. The highest BCUT2D eigenvalue weighted by molar-refractivity contribution is 5.87. The number of allylic oxidation sites excluding steroid dienone is 1. The minimum absolute atomic E-state index is 0.781. The fourth-order valence-electron chi connectivity index (χ4n) is 0.720. The van der Waals surface area contributed by atoms with E-state index in [4.69, 9.17) is 4.74 Å². The zero-order chi connectivity index (χ0) is 6.53. The quantitative estimate of drug-likeness (QED) is 0.518. The van der Waals surface area contributed by atoms with Crippen LogP contribution in [0.25, 0.3) is 0 Å². The smallest absolute Gasteiger partial charge is 0.208 e. The molecule has 0 unspecified atom stereocenters. The van der Waals surface area contributed by atoms with Crippen LogP contribution < -0.4 is 0 Å². The number of rotatable bonds is 1. The number of hydrogen-bond acceptors (Lipinski definition) is 2. The molecule has 0 amide bonds. The van der Waals surface area contributed by atoms with Crippen molar-refractivity contribution < 1.29 is 4.74 Å². The van der Waals surface area contributed by atoms with Gasteiger partial charge < -0.3 is 4.74 Å². The minimum Gasteiger partial charge on any atom is -0.478 e. The first kappa shape index (κ1) is 6.33. The van der Waals surface area contributed by atoms with Crippen LogP contribution in [0.15, 0.2) is 17.1 Å². The van der Waals surface area contributed by atoms with E-state index in [2.05, 4.69) is 4.99 Å². The minimum atomic E-state index is 0.781. The van der Waals surface area contributed by atoms with E-state index < -0.39 is 0 Å². The van der Waals surface area contributed by atoms with Crippen molar-refractivity contribution in [3.63, 3.8) is 0 Å². The largest absolute Gasteiger partial charge is 0.478 e. The molecule has 1 aliphatic rings. The van der Waals surface area contributed by atoms with E-state index in [1.54, 1.807) is 0 Å². The number of aliphatic imine (C=N–C) groups is 1. The molecule has 0 aliphatic carbocycles. The van der Waals surface area contributed by atoms with Crippen molar-refractivity contribution in [2.24, 2.45) is 4.99 Å². The molecule has 0 radical (unpaired) electrons. The van der Waals surface area contributed by atoms with E-state index in [1.807, 2.05) is 19.1 Å². The van der Waals surface area contributed by atoms with E-state index in [9.17, 15) is 0 Å². The highest BCUT2D eigenvalue weighted by Crippen LogP contribution is 1.96. The summed E-state index contributed by atoms with van der Waals surface area (Å²) < 4.78 is 5.18. The maximum Gasteiger partial charge on any atom is 0.208 e. The van der Waals surface area contributed by atoms with Gasteiger partial charge >= 0.3 is 0 Å². The van der Waals surface area contributed by atoms with Crippen LogP contribution in [-0.4, -0.2) is 19.0 Å². The third kappa shape index (κ3) is 1.88. The Morgan fingerprint density at radius 2 is 2.56 bits per heavy atom. The second-order valence-corrected chi connectivity index (χ2v) is 1.92. The maximum absolute atomic E-state index is 5.18. The molecule has 9 heavy (non-hydrogen) atoms. The highest BCUT2D eigenvalue weighted by Gasteiger charge is 1.99. The number of nitrogens with zero attached hydrogens (tertiary/aromatic N) is 1. The summed E-state index contributed by atoms with van der Waals surface area (Å²) in [5, 5.41) is 0. The Bertz CT molecular complexity index is 138. The second-order valence-electron chi connectivity index (χ2n) is 1.92. The summed E-state index contributed by atoms with van der Waals surface area (Å²) in [4.78, 5) is 4.13. The van der Waals surface area contributed by atoms with Crippen molar-refractivity contribution >= 4 is 5.90 Å². The molecular formula is C7H11NO. The molecule has 0 saturated carbocycles. The molecular weight excluding hydrogens is 114 g/mol. The van der Waals surface area contributed by atoms with Crippen LogP contribution in [0.1, 0.15) is 13.3 Å². The van der Waals surface area contributed by atoms with Crippen molar-refractivity contribution in [3.05, 3.63) is 12.2 Å². The highest BCUT2D eigenvalue weighted by atomic mass is 16.5. The van der Waals surface area contributed by atoms with E-state index in [-0.39, 0.29) is 0 Å². The molecule has 0 fully saturated rings. The van der Waals surface area contributed by atoms with Crippen LogP contribution >= 0.6 is 0 Å². The lowest BCUT2D eigenvalue weighted by Gasteiger charge is -2.09. The molecule has 50 valence electrons. The van der Waals surface area contributed by atoms with Gasteiger partial charge in [0.15, 0.2) is 0 Å². The summed E-state index contributed by atoms with van der Waals surface area (Å²) in [6, 6.07) is 0. The molecule has 0 aromatic heterocycles. The summed E-state index contributed by atoms with van der Waals surface area (Å²) in [6.45, 7) is 3.70. The number of ether oxygens (including phenoxy) is 1. The maximum atomic E-state index is 5.18. The lowest BCUT2D eigenvalue weighted by Crippen LogP contribution is -2.10. The Kier molecular flexibility index (Phi) is 2.31. The van der Waals surface area contributed by atoms with Gasteiger partial charge in [-0.25, -0.2) is 0 Å². The van der Waals surface area contributed by atoms with Gasteiger partial charge in [-0.05, 0) is 13.0 Å². The van der Waals surface area contributed by atoms with Crippen molar-refractivity contribution in [3.8, 4) is 0 Å². The first-order valence-electron chi connectivity index (χ1n) is 3.23. The van der Waals surface area contributed by atoms with Crippen LogP contribution in [0, 0.1) is 0 Å². The predicted octanol–water partition coefficient (Wildman–Crippen LogP) is 1.38. The molecule has 0 bridgehead atoms. The third-order valence-electron chi connectivity index (χ3n) is 1.13. The monoisotopic (exact) mass is 125 g/mol. The van der Waals surface area contributed by atoms with Crippen LogP contribution in [0.2, 0.25) is 0 Å². The van der Waals surface area contributed by atoms with Gasteiger partial charge in [-0.1, -0.05) is 6.08 Å². The Morgan fingerprint density at radius 1 is 1.67 bits per heavy atom. The van der Waals surface area contributed by atoms with Gasteiger partial charge in [-0.2, -0.15) is 0 Å². The molecule has 0 aromatic carbocycles. The Morgan fingerprint density at radius 3 is 3.11 bits per heavy atom. The SMILES string of the molecule is CC=CC1=NCCCO1. The van der Waals surface area contributed by atoms with Crippen LogP contribution in [0.5, 0.6) is 0 Å². The van der Waals surface area contributed by atoms with Crippen molar-refractivity contribution in [2.75, 3.05) is 13.2 Å². The zero-order valence-electron chi connectivity index (χ0n) is 5.63. The summed E-state index contributed by atoms with van der Waals surface area (Å²) >= 11 is 0. The first-order chi connectivity index (χ1) is 4.43. The molecule has 0 saturated heterocycles. The first-order valence-corrected chi connectivity index (χ1v) is 3.23.